The number of hydrogen-bond donors (Lipinski definition) is 1. The Bertz CT molecular complexity index is 861. The van der Waals surface area contributed by atoms with Crippen molar-refractivity contribution in [3.8, 4) is 17.6 Å². The molecule has 1 aliphatic heterocycles. The van der Waals surface area contributed by atoms with Crippen LogP contribution in [-0.2, 0) is 0 Å². The van der Waals surface area contributed by atoms with E-state index in [-0.39, 0.29) is 17.6 Å². The van der Waals surface area contributed by atoms with Crippen molar-refractivity contribution < 1.29 is 14.6 Å². The third-order valence-corrected chi connectivity index (χ3v) is 5.45. The molecule has 2 unspecified atom stereocenters. The molecule has 0 radical (unpaired) electrons. The largest absolute Gasteiger partial charge is 0.506 e. The van der Waals surface area contributed by atoms with E-state index in [0.29, 0.717) is 29.6 Å². The Morgan fingerprint density at radius 3 is 2.70 bits per heavy atom. The van der Waals surface area contributed by atoms with Crippen LogP contribution in [0.4, 0.5) is 0 Å². The summed E-state index contributed by atoms with van der Waals surface area (Å²) in [5.74, 6) is 1.87. The smallest absolute Gasteiger partial charge is 0.195 e. The Hall–Kier alpha value is -2.91. The SMILES string of the molecule is N#Cc1cccc(OC2CC3CN(CC(=O)c4ccc(O)cn4)C[C@@H]3C2)c1. The highest BCUT2D eigenvalue weighted by Gasteiger charge is 2.42. The second-order valence-corrected chi connectivity index (χ2v) is 7.39. The number of likely N-dealkylation sites (tertiary alicyclic amines) is 1. The van der Waals surface area contributed by atoms with Crippen molar-refractivity contribution in [2.75, 3.05) is 19.6 Å². The van der Waals surface area contributed by atoms with Gasteiger partial charge in [0.25, 0.3) is 0 Å². The quantitative estimate of drug-likeness (QED) is 0.822. The molecule has 2 fully saturated rings. The molecule has 1 aromatic carbocycles. The average molecular weight is 363 g/mol. The van der Waals surface area contributed by atoms with Gasteiger partial charge in [0.1, 0.15) is 17.2 Å². The molecule has 2 aromatic rings. The molecule has 6 heteroatoms. The van der Waals surface area contributed by atoms with Gasteiger partial charge in [-0.3, -0.25) is 9.69 Å². The maximum atomic E-state index is 12.4. The van der Waals surface area contributed by atoms with Gasteiger partial charge in [0.2, 0.25) is 0 Å². The Morgan fingerprint density at radius 2 is 2.04 bits per heavy atom. The standard InChI is InChI=1S/C21H21N3O3/c22-9-14-2-1-3-18(6-14)27-19-7-15-11-24(12-16(15)8-19)13-21(26)20-5-4-17(25)10-23-20/h1-6,10,15-16,19,25H,7-8,11-13H2/t15-,16?,19?/m0/s1. The summed E-state index contributed by atoms with van der Waals surface area (Å²) in [6.45, 7) is 2.15. The fraction of sp³-hybridized carbons (Fsp3) is 0.381. The number of ketones is 1. The predicted molar refractivity (Wildman–Crippen MR) is 98.5 cm³/mol. The lowest BCUT2D eigenvalue weighted by atomic mass is 10.0. The minimum atomic E-state index is -0.0175. The van der Waals surface area contributed by atoms with Crippen LogP contribution in [0.3, 0.4) is 0 Å². The van der Waals surface area contributed by atoms with Gasteiger partial charge >= 0.3 is 0 Å². The van der Waals surface area contributed by atoms with Crippen molar-refractivity contribution in [3.05, 3.63) is 53.9 Å². The van der Waals surface area contributed by atoms with E-state index in [0.717, 1.165) is 31.7 Å². The summed E-state index contributed by atoms with van der Waals surface area (Å²) in [6.07, 6.45) is 3.42. The number of carbonyl (C=O) groups excluding carboxylic acids is 1. The van der Waals surface area contributed by atoms with Gasteiger partial charge in [0.15, 0.2) is 5.78 Å². The van der Waals surface area contributed by atoms with Crippen LogP contribution in [0, 0.1) is 23.2 Å². The van der Waals surface area contributed by atoms with Gasteiger partial charge in [-0.1, -0.05) is 6.07 Å². The highest BCUT2D eigenvalue weighted by Crippen LogP contribution is 2.39. The Labute approximate surface area is 158 Å². The lowest BCUT2D eigenvalue weighted by molar-refractivity contribution is 0.0932. The number of hydrogen-bond acceptors (Lipinski definition) is 6. The van der Waals surface area contributed by atoms with Crippen molar-refractivity contribution in [3.63, 3.8) is 0 Å². The molecule has 0 spiro atoms. The molecule has 0 amide bonds. The normalized spacial score (nSPS) is 24.3. The lowest BCUT2D eigenvalue weighted by Gasteiger charge is -2.19. The van der Waals surface area contributed by atoms with Crippen LogP contribution in [0.15, 0.2) is 42.6 Å². The van der Waals surface area contributed by atoms with Gasteiger partial charge in [-0.2, -0.15) is 5.26 Å². The Kier molecular flexibility index (Phi) is 4.78. The minimum absolute atomic E-state index is 0.0175. The van der Waals surface area contributed by atoms with Crippen LogP contribution in [0.1, 0.15) is 28.9 Å². The molecule has 1 aromatic heterocycles. The summed E-state index contributed by atoms with van der Waals surface area (Å²) in [7, 11) is 0. The zero-order valence-corrected chi connectivity index (χ0v) is 14.9. The number of rotatable bonds is 5. The van der Waals surface area contributed by atoms with E-state index in [1.807, 2.05) is 12.1 Å². The number of aromatic nitrogens is 1. The number of nitrogens with zero attached hydrogens (tertiary/aromatic N) is 3. The van der Waals surface area contributed by atoms with Gasteiger partial charge < -0.3 is 9.84 Å². The summed E-state index contributed by atoms with van der Waals surface area (Å²) in [4.78, 5) is 18.6. The fourth-order valence-corrected chi connectivity index (χ4v) is 4.23. The first-order valence-corrected chi connectivity index (χ1v) is 9.18. The van der Waals surface area contributed by atoms with Crippen LogP contribution in [0.25, 0.3) is 0 Å². The van der Waals surface area contributed by atoms with Gasteiger partial charge in [0, 0.05) is 13.1 Å². The molecule has 27 heavy (non-hydrogen) atoms. The first-order valence-electron chi connectivity index (χ1n) is 9.18. The van der Waals surface area contributed by atoms with Gasteiger partial charge in [-0.15, -0.1) is 0 Å². The van der Waals surface area contributed by atoms with Crippen molar-refractivity contribution in [2.24, 2.45) is 11.8 Å². The van der Waals surface area contributed by atoms with Crippen molar-refractivity contribution in [1.82, 2.24) is 9.88 Å². The number of aromatic hydroxyl groups is 1. The molecule has 6 nitrogen and oxygen atoms in total. The van der Waals surface area contributed by atoms with Crippen LogP contribution < -0.4 is 4.74 Å². The molecule has 138 valence electrons. The van der Waals surface area contributed by atoms with Crippen molar-refractivity contribution in [2.45, 2.75) is 18.9 Å². The highest BCUT2D eigenvalue weighted by molar-refractivity contribution is 5.95. The molecule has 1 saturated heterocycles. The molecular weight excluding hydrogens is 342 g/mol. The molecular formula is C21H21N3O3. The van der Waals surface area contributed by atoms with Crippen LogP contribution >= 0.6 is 0 Å². The maximum absolute atomic E-state index is 12.4. The van der Waals surface area contributed by atoms with Gasteiger partial charge in [-0.05, 0) is 55.0 Å². The summed E-state index contributed by atoms with van der Waals surface area (Å²) in [6, 6.07) is 12.5. The summed E-state index contributed by atoms with van der Waals surface area (Å²) >= 11 is 0. The summed E-state index contributed by atoms with van der Waals surface area (Å²) < 4.78 is 6.08. The third-order valence-electron chi connectivity index (χ3n) is 5.45. The van der Waals surface area contributed by atoms with E-state index in [9.17, 15) is 9.90 Å². The van der Waals surface area contributed by atoms with E-state index in [1.54, 1.807) is 18.2 Å². The average Bonchev–Trinajstić information content (AvgIpc) is 3.20. The first kappa shape index (κ1) is 17.5. The molecule has 4 rings (SSSR count). The third kappa shape index (κ3) is 3.93. The summed E-state index contributed by atoms with van der Waals surface area (Å²) in [5.41, 5.74) is 1.00. The number of Topliss-reactive ketones (excluding diaryl/α,β-unsaturated/α-hetero) is 1. The van der Waals surface area contributed by atoms with Crippen molar-refractivity contribution >= 4 is 5.78 Å². The predicted octanol–water partition coefficient (Wildman–Crippen LogP) is 2.63. The lowest BCUT2D eigenvalue weighted by Crippen LogP contribution is -2.30. The first-order chi connectivity index (χ1) is 13.1. The minimum Gasteiger partial charge on any atom is -0.506 e. The van der Waals surface area contributed by atoms with E-state index >= 15 is 0 Å². The number of ether oxygens (including phenoxy) is 1. The summed E-state index contributed by atoms with van der Waals surface area (Å²) in [5, 5.41) is 18.3. The molecule has 1 N–H and O–H groups in total. The number of benzene rings is 1. The molecule has 2 heterocycles. The number of pyridine rings is 1. The van der Waals surface area contributed by atoms with Gasteiger partial charge in [-0.25, -0.2) is 4.98 Å². The molecule has 1 aliphatic carbocycles. The van der Waals surface area contributed by atoms with Crippen LogP contribution in [0.5, 0.6) is 11.5 Å². The molecule has 2 aliphatic rings. The number of carbonyl (C=O) groups is 1. The topological polar surface area (TPSA) is 86.5 Å². The van der Waals surface area contributed by atoms with E-state index in [2.05, 4.69) is 16.0 Å². The van der Waals surface area contributed by atoms with E-state index < -0.39 is 0 Å². The zero-order valence-electron chi connectivity index (χ0n) is 14.9. The van der Waals surface area contributed by atoms with Crippen molar-refractivity contribution in [1.29, 1.82) is 5.26 Å². The fourth-order valence-electron chi connectivity index (χ4n) is 4.23. The second kappa shape index (κ2) is 7.37. The highest BCUT2D eigenvalue weighted by atomic mass is 16.5. The number of nitriles is 1. The molecule has 0 bridgehead atoms. The Balaban J connectivity index is 1.30. The monoisotopic (exact) mass is 363 g/mol. The van der Waals surface area contributed by atoms with E-state index in [4.69, 9.17) is 10.00 Å². The second-order valence-electron chi connectivity index (χ2n) is 7.39. The molecule has 1 saturated carbocycles. The maximum Gasteiger partial charge on any atom is 0.195 e. The van der Waals surface area contributed by atoms with Crippen LogP contribution in [0.2, 0.25) is 0 Å². The van der Waals surface area contributed by atoms with E-state index in [1.165, 1.54) is 12.3 Å². The Morgan fingerprint density at radius 1 is 1.26 bits per heavy atom. The van der Waals surface area contributed by atoms with Gasteiger partial charge in [0.05, 0.1) is 30.5 Å². The number of fused-ring (bicyclic) bond motifs is 1. The van der Waals surface area contributed by atoms with Crippen LogP contribution in [-0.4, -0.2) is 46.5 Å². The zero-order chi connectivity index (χ0) is 18.8. The molecule has 3 atom stereocenters.